The number of furan rings is 1. The highest BCUT2D eigenvalue weighted by Gasteiger charge is 2.26. The molecule has 2 heterocycles. The van der Waals surface area contributed by atoms with E-state index in [0.29, 0.717) is 19.0 Å². The summed E-state index contributed by atoms with van der Waals surface area (Å²) in [5.74, 6) is -0.0610. The van der Waals surface area contributed by atoms with Gasteiger partial charge in [-0.2, -0.15) is 0 Å². The number of carbonyl (C=O) groups excluding carboxylic acids is 1. The highest BCUT2D eigenvalue weighted by atomic mass is 16.6. The Hall–Kier alpha value is -2.63. The summed E-state index contributed by atoms with van der Waals surface area (Å²) in [5.41, 5.74) is 1.32. The minimum atomic E-state index is -0.636. The topological polar surface area (TPSA) is 76.6 Å². The first kappa shape index (κ1) is 15.3. The van der Waals surface area contributed by atoms with Gasteiger partial charge in [-0.05, 0) is 36.8 Å². The normalized spacial score (nSPS) is 15.6. The van der Waals surface area contributed by atoms with Gasteiger partial charge in [0, 0.05) is 13.1 Å². The van der Waals surface area contributed by atoms with Crippen molar-refractivity contribution in [2.24, 2.45) is 5.92 Å². The molecule has 0 atom stereocenters. The Kier molecular flexibility index (Phi) is 4.41. The van der Waals surface area contributed by atoms with E-state index in [9.17, 15) is 14.9 Å². The molecular weight excluding hydrogens is 296 g/mol. The van der Waals surface area contributed by atoms with Crippen LogP contribution in [-0.2, 0) is 6.42 Å². The second-order valence-corrected chi connectivity index (χ2v) is 5.82. The highest BCUT2D eigenvalue weighted by molar-refractivity contribution is 5.91. The number of hydrogen-bond acceptors (Lipinski definition) is 4. The van der Waals surface area contributed by atoms with Gasteiger partial charge in [-0.3, -0.25) is 14.9 Å². The number of amides is 1. The van der Waals surface area contributed by atoms with Gasteiger partial charge in [-0.1, -0.05) is 30.3 Å². The summed E-state index contributed by atoms with van der Waals surface area (Å²) in [6, 6.07) is 12.9. The molecule has 3 rings (SSSR count). The van der Waals surface area contributed by atoms with Gasteiger partial charge in [0.25, 0.3) is 5.91 Å². The predicted molar refractivity (Wildman–Crippen MR) is 84.1 cm³/mol. The lowest BCUT2D eigenvalue weighted by atomic mass is 9.90. The summed E-state index contributed by atoms with van der Waals surface area (Å²) in [6.45, 7) is 1.32. The van der Waals surface area contributed by atoms with Crippen LogP contribution in [0.15, 0.2) is 46.9 Å². The smallest absolute Gasteiger partial charge is 0.395 e. The Morgan fingerprint density at radius 3 is 2.48 bits per heavy atom. The molecule has 1 amide bonds. The number of carbonyl (C=O) groups is 1. The van der Waals surface area contributed by atoms with Crippen molar-refractivity contribution >= 4 is 11.8 Å². The molecule has 6 heteroatoms. The number of benzene rings is 1. The number of piperidine rings is 1. The molecular formula is C17H18N2O4. The van der Waals surface area contributed by atoms with Crippen LogP contribution in [-0.4, -0.2) is 28.8 Å². The van der Waals surface area contributed by atoms with Crippen LogP contribution in [0.2, 0.25) is 0 Å². The summed E-state index contributed by atoms with van der Waals surface area (Å²) in [5, 5.41) is 10.6. The Morgan fingerprint density at radius 1 is 1.17 bits per heavy atom. The van der Waals surface area contributed by atoms with E-state index in [1.807, 2.05) is 18.2 Å². The molecule has 120 valence electrons. The number of hydrogen-bond donors (Lipinski definition) is 0. The van der Waals surface area contributed by atoms with Crippen molar-refractivity contribution in [3.8, 4) is 0 Å². The summed E-state index contributed by atoms with van der Waals surface area (Å²) in [7, 11) is 0. The second-order valence-electron chi connectivity index (χ2n) is 5.82. The van der Waals surface area contributed by atoms with Crippen molar-refractivity contribution in [2.45, 2.75) is 19.3 Å². The summed E-state index contributed by atoms with van der Waals surface area (Å²) < 4.78 is 4.99. The van der Waals surface area contributed by atoms with E-state index < -0.39 is 10.8 Å². The number of rotatable bonds is 4. The Morgan fingerprint density at radius 2 is 1.87 bits per heavy atom. The van der Waals surface area contributed by atoms with Gasteiger partial charge in [0.05, 0.1) is 6.07 Å². The minimum absolute atomic E-state index is 0.0400. The lowest BCUT2D eigenvalue weighted by Crippen LogP contribution is -2.38. The van der Waals surface area contributed by atoms with E-state index >= 15 is 0 Å². The molecule has 1 aromatic carbocycles. The molecule has 0 radical (unpaired) electrons. The zero-order valence-corrected chi connectivity index (χ0v) is 12.7. The molecule has 2 aromatic rings. The number of nitro groups is 1. The van der Waals surface area contributed by atoms with Gasteiger partial charge in [0.15, 0.2) is 5.76 Å². The molecule has 0 aliphatic carbocycles. The Bertz CT molecular complexity index is 688. The summed E-state index contributed by atoms with van der Waals surface area (Å²) in [4.78, 5) is 24.0. The van der Waals surface area contributed by atoms with E-state index in [0.717, 1.165) is 19.3 Å². The monoisotopic (exact) mass is 314 g/mol. The van der Waals surface area contributed by atoms with E-state index in [1.54, 1.807) is 4.90 Å². The minimum Gasteiger partial charge on any atom is -0.395 e. The molecule has 23 heavy (non-hydrogen) atoms. The molecule has 0 unspecified atom stereocenters. The maximum absolute atomic E-state index is 12.3. The van der Waals surface area contributed by atoms with Crippen LogP contribution >= 0.6 is 0 Å². The average molecular weight is 314 g/mol. The van der Waals surface area contributed by atoms with E-state index in [1.165, 1.54) is 17.7 Å². The first-order valence-electron chi connectivity index (χ1n) is 7.71. The zero-order chi connectivity index (χ0) is 16.2. The van der Waals surface area contributed by atoms with Crippen LogP contribution in [0.5, 0.6) is 0 Å². The van der Waals surface area contributed by atoms with Gasteiger partial charge < -0.3 is 9.32 Å². The molecule has 1 aromatic heterocycles. The van der Waals surface area contributed by atoms with Crippen molar-refractivity contribution in [2.75, 3.05) is 13.1 Å². The fourth-order valence-corrected chi connectivity index (χ4v) is 2.98. The van der Waals surface area contributed by atoms with Crippen LogP contribution in [0.25, 0.3) is 0 Å². The van der Waals surface area contributed by atoms with Crippen molar-refractivity contribution in [1.82, 2.24) is 4.90 Å². The summed E-state index contributed by atoms with van der Waals surface area (Å²) >= 11 is 0. The fourth-order valence-electron chi connectivity index (χ4n) is 2.98. The van der Waals surface area contributed by atoms with Crippen molar-refractivity contribution < 1.29 is 14.1 Å². The van der Waals surface area contributed by atoms with Gasteiger partial charge in [0.2, 0.25) is 0 Å². The maximum Gasteiger partial charge on any atom is 0.433 e. The van der Waals surface area contributed by atoms with Gasteiger partial charge in [0.1, 0.15) is 4.92 Å². The molecule has 0 saturated carbocycles. The van der Waals surface area contributed by atoms with Gasteiger partial charge >= 0.3 is 5.88 Å². The van der Waals surface area contributed by atoms with E-state index in [4.69, 9.17) is 4.42 Å². The highest BCUT2D eigenvalue weighted by Crippen LogP contribution is 2.24. The molecule has 1 fully saturated rings. The quantitative estimate of drug-likeness (QED) is 0.641. The lowest BCUT2D eigenvalue weighted by Gasteiger charge is -2.31. The SMILES string of the molecule is O=C(c1ccc([N+](=O)[O-])o1)N1CCC(Cc2ccccc2)CC1. The fraction of sp³-hybridized carbons (Fsp3) is 0.353. The average Bonchev–Trinajstić information content (AvgIpc) is 3.06. The first-order chi connectivity index (χ1) is 11.1. The van der Waals surface area contributed by atoms with Crippen LogP contribution < -0.4 is 0 Å². The first-order valence-corrected chi connectivity index (χ1v) is 7.71. The van der Waals surface area contributed by atoms with Crippen LogP contribution in [0, 0.1) is 16.0 Å². The standard InChI is InChI=1S/C17H18N2O4/c20-17(15-6-7-16(23-15)19(21)22)18-10-8-14(9-11-18)12-13-4-2-1-3-5-13/h1-7,14H,8-12H2. The van der Waals surface area contributed by atoms with E-state index in [2.05, 4.69) is 12.1 Å². The molecule has 0 N–H and O–H groups in total. The van der Waals surface area contributed by atoms with Crippen LogP contribution in [0.3, 0.4) is 0 Å². The van der Waals surface area contributed by atoms with Gasteiger partial charge in [-0.25, -0.2) is 0 Å². The molecule has 1 aliphatic heterocycles. The Balaban J connectivity index is 1.55. The molecule has 0 bridgehead atoms. The van der Waals surface area contributed by atoms with E-state index in [-0.39, 0.29) is 11.7 Å². The van der Waals surface area contributed by atoms with Crippen LogP contribution in [0.4, 0.5) is 5.88 Å². The number of nitrogens with zero attached hydrogens (tertiary/aromatic N) is 2. The summed E-state index contributed by atoms with van der Waals surface area (Å²) in [6.07, 6.45) is 2.89. The van der Waals surface area contributed by atoms with Crippen molar-refractivity contribution in [3.05, 3.63) is 63.9 Å². The Labute approximate surface area is 133 Å². The second kappa shape index (κ2) is 6.64. The molecule has 6 nitrogen and oxygen atoms in total. The van der Waals surface area contributed by atoms with Crippen LogP contribution in [0.1, 0.15) is 29.0 Å². The molecule has 0 spiro atoms. The molecule has 1 aliphatic rings. The van der Waals surface area contributed by atoms with Crippen molar-refractivity contribution in [1.29, 1.82) is 0 Å². The third-order valence-electron chi connectivity index (χ3n) is 4.25. The largest absolute Gasteiger partial charge is 0.433 e. The predicted octanol–water partition coefficient (Wildman–Crippen LogP) is 3.28. The van der Waals surface area contributed by atoms with Crippen molar-refractivity contribution in [3.63, 3.8) is 0 Å². The number of likely N-dealkylation sites (tertiary alicyclic amines) is 1. The third-order valence-corrected chi connectivity index (χ3v) is 4.25. The molecule has 1 saturated heterocycles. The zero-order valence-electron chi connectivity index (χ0n) is 12.7. The lowest BCUT2D eigenvalue weighted by molar-refractivity contribution is -0.402. The third kappa shape index (κ3) is 3.59. The van der Waals surface area contributed by atoms with Gasteiger partial charge in [-0.15, -0.1) is 0 Å². The maximum atomic E-state index is 12.3.